The van der Waals surface area contributed by atoms with Crippen molar-refractivity contribution in [3.8, 4) is 0 Å². The molecule has 0 aliphatic heterocycles. The Morgan fingerprint density at radius 3 is 1.68 bits per heavy atom. The molecule has 0 spiro atoms. The fourth-order valence-corrected chi connectivity index (χ4v) is 7.03. The van der Waals surface area contributed by atoms with Crippen LogP contribution >= 0.6 is 0 Å². The van der Waals surface area contributed by atoms with Gasteiger partial charge in [-0.25, -0.2) is 14.8 Å². The highest BCUT2D eigenvalue weighted by Crippen LogP contribution is 2.22. The molecule has 2 heterocycles. The number of hydrogen-bond acceptors (Lipinski definition) is 23. The molecule has 3 rings (SSSR count). The minimum atomic E-state index is -2.50. The van der Waals surface area contributed by atoms with Crippen molar-refractivity contribution in [2.75, 3.05) is 24.3 Å². The van der Waals surface area contributed by atoms with Crippen LogP contribution in [0.2, 0.25) is 0 Å². The Morgan fingerprint density at radius 1 is 0.671 bits per heavy atom. The van der Waals surface area contributed by atoms with Gasteiger partial charge in [-0.2, -0.15) is 4.98 Å². The number of hydrogen-bond donors (Lipinski definition) is 17. The lowest BCUT2D eigenvalue weighted by Gasteiger charge is -2.31. The SMILES string of the molecule is CCC(=O)[C@H](CC(=O)O)NC(=O)[C@@H](CC(=O)[C@H](CC(=O)O)NC(=O)[C@@H](CC(=O)CC[C@H](NC(=O)c1ccc(NCc2cnc3nc(N)[nH]c(=O)c3n2)cc1)C(=O)O)[C@@H](O)[C@H](O)[C@H](O)CO)[C@@H](O)[C@H](O)[C@H](O)CO. The molecule has 1 aromatic carbocycles. The maximum Gasteiger partial charge on any atom is 0.326 e. The highest BCUT2D eigenvalue weighted by atomic mass is 16.4. The first-order valence-corrected chi connectivity index (χ1v) is 22.1. The Labute approximate surface area is 411 Å². The molecule has 400 valence electrons. The average Bonchev–Trinajstić information content (AvgIpc) is 3.35. The standard InChI is InChI=1S/C43H57N9O21/c1-2-26(56)24(11-30(60)61)49-40(70)22(34(65)36(67)29(59)16-54)10-27(57)25(12-31(62)63)50-39(69)21(33(64)35(66)28(58)15-53)9-20(55)7-8-23(42(72)73)48-38(68)17-3-5-18(6-4-17)45-13-19-14-46-37-32(47-19)41(71)52-43(44)51-37/h3-6,14,21-25,28-29,33-36,45,53-54,58-59,64-67H,2,7-13,15-16H2,1H3,(H,48,68)(H,49,70)(H,50,69)(H,60,61)(H,62,63)(H,72,73)(H3,44,46,51,52,71)/t21-,22-,23-,24-,25-,28+,29+,33+,34+,35+,36+/m0/s1. The number of fused-ring (bicyclic) bond motifs is 1. The molecule has 30 heteroatoms. The summed E-state index contributed by atoms with van der Waals surface area (Å²) in [5, 5.41) is 120. The number of nitrogens with two attached hydrogens (primary N) is 1. The van der Waals surface area contributed by atoms with Crippen molar-refractivity contribution < 1.29 is 99.3 Å². The van der Waals surface area contributed by atoms with E-state index in [1.54, 1.807) is 0 Å². The largest absolute Gasteiger partial charge is 0.481 e. The molecule has 0 unspecified atom stereocenters. The highest BCUT2D eigenvalue weighted by molar-refractivity contribution is 5.98. The number of ketones is 3. The van der Waals surface area contributed by atoms with Crippen LogP contribution in [-0.4, -0.2) is 197 Å². The van der Waals surface area contributed by atoms with Gasteiger partial charge in [0.05, 0.1) is 80.6 Å². The van der Waals surface area contributed by atoms with E-state index in [2.05, 4.69) is 30.6 Å². The zero-order valence-corrected chi connectivity index (χ0v) is 38.7. The van der Waals surface area contributed by atoms with E-state index in [9.17, 15) is 104 Å². The van der Waals surface area contributed by atoms with Crippen molar-refractivity contribution in [3.05, 3.63) is 52.1 Å². The number of aromatic amines is 1. The smallest absolute Gasteiger partial charge is 0.326 e. The van der Waals surface area contributed by atoms with Gasteiger partial charge in [0.1, 0.15) is 36.2 Å². The van der Waals surface area contributed by atoms with Crippen LogP contribution in [-0.2, 0) is 44.9 Å². The predicted octanol–water partition coefficient (Wildman–Crippen LogP) is -5.93. The first-order chi connectivity index (χ1) is 34.3. The summed E-state index contributed by atoms with van der Waals surface area (Å²) in [6.07, 6.45) is -19.3. The zero-order chi connectivity index (χ0) is 54.9. The van der Waals surface area contributed by atoms with E-state index in [0.29, 0.717) is 11.4 Å². The topological polar surface area (TPSA) is 522 Å². The zero-order valence-electron chi connectivity index (χ0n) is 38.7. The number of benzene rings is 1. The van der Waals surface area contributed by atoms with Gasteiger partial charge in [0.2, 0.25) is 17.8 Å². The molecule has 0 aliphatic carbocycles. The van der Waals surface area contributed by atoms with Crippen LogP contribution in [0.3, 0.4) is 0 Å². The molecule has 0 saturated carbocycles. The fraction of sp³-hybridized carbons (Fsp3) is 0.512. The maximum absolute atomic E-state index is 13.8. The van der Waals surface area contributed by atoms with Crippen molar-refractivity contribution in [1.29, 1.82) is 0 Å². The van der Waals surface area contributed by atoms with E-state index in [0.717, 1.165) is 0 Å². The van der Waals surface area contributed by atoms with Gasteiger partial charge in [0.15, 0.2) is 22.7 Å². The molecular weight excluding hydrogens is 979 g/mol. The average molecular weight is 1040 g/mol. The van der Waals surface area contributed by atoms with Gasteiger partial charge in [0.25, 0.3) is 11.5 Å². The predicted molar refractivity (Wildman–Crippen MR) is 244 cm³/mol. The molecule has 11 atom stereocenters. The summed E-state index contributed by atoms with van der Waals surface area (Å²) in [6.45, 7) is -1.04. The van der Waals surface area contributed by atoms with Crippen LogP contribution in [0.15, 0.2) is 35.3 Å². The van der Waals surface area contributed by atoms with E-state index in [4.69, 9.17) is 5.73 Å². The van der Waals surface area contributed by atoms with Crippen LogP contribution in [0.25, 0.3) is 11.2 Å². The first-order valence-electron chi connectivity index (χ1n) is 22.1. The number of carboxylic acids is 3. The Kier molecular flexibility index (Phi) is 22.9. The number of aliphatic hydroxyl groups excluding tert-OH is 8. The molecule has 2 aromatic heterocycles. The number of nitrogen functional groups attached to an aromatic ring is 1. The summed E-state index contributed by atoms with van der Waals surface area (Å²) in [4.78, 5) is 142. The van der Waals surface area contributed by atoms with Crippen LogP contribution in [0.4, 0.5) is 11.6 Å². The summed E-state index contributed by atoms with van der Waals surface area (Å²) in [5.41, 5.74) is 5.63. The second-order valence-electron chi connectivity index (χ2n) is 16.5. The summed E-state index contributed by atoms with van der Waals surface area (Å²) >= 11 is 0. The number of rotatable bonds is 32. The Bertz CT molecular complexity index is 2530. The summed E-state index contributed by atoms with van der Waals surface area (Å²) < 4.78 is 0. The lowest BCUT2D eigenvalue weighted by Crippen LogP contribution is -2.54. The van der Waals surface area contributed by atoms with E-state index in [1.807, 2.05) is 10.6 Å². The van der Waals surface area contributed by atoms with E-state index in [-0.39, 0.29) is 35.6 Å². The summed E-state index contributed by atoms with van der Waals surface area (Å²) in [6, 6.07) is -0.240. The number of carbonyl (C=O) groups is 9. The van der Waals surface area contributed by atoms with Crippen molar-refractivity contribution in [2.45, 2.75) is 113 Å². The molecule has 18 N–H and O–H groups in total. The Hall–Kier alpha value is -7.45. The number of Topliss-reactive ketones (excluding diaryl/α,β-unsaturated/α-hetero) is 3. The lowest BCUT2D eigenvalue weighted by atomic mass is 9.86. The lowest BCUT2D eigenvalue weighted by molar-refractivity contribution is -0.148. The molecular formula is C43H57N9O21. The Morgan fingerprint density at radius 2 is 1.19 bits per heavy atom. The van der Waals surface area contributed by atoms with Crippen molar-refractivity contribution in [3.63, 3.8) is 0 Å². The number of anilines is 2. The van der Waals surface area contributed by atoms with Gasteiger partial charge < -0.3 is 83.2 Å². The number of aliphatic hydroxyl groups is 8. The van der Waals surface area contributed by atoms with E-state index in [1.165, 1.54) is 37.4 Å². The monoisotopic (exact) mass is 1040 g/mol. The third-order valence-corrected chi connectivity index (χ3v) is 11.2. The number of nitrogens with zero attached hydrogens (tertiary/aromatic N) is 3. The summed E-state index contributed by atoms with van der Waals surface area (Å²) in [5.74, 6) is -17.0. The molecule has 30 nitrogen and oxygen atoms in total. The molecule has 0 radical (unpaired) electrons. The minimum Gasteiger partial charge on any atom is -0.481 e. The second kappa shape index (κ2) is 28.0. The maximum atomic E-state index is 13.8. The van der Waals surface area contributed by atoms with Crippen LogP contribution in [0, 0.1) is 11.8 Å². The number of aromatic nitrogens is 4. The van der Waals surface area contributed by atoms with Crippen molar-refractivity contribution in [2.24, 2.45) is 11.8 Å². The number of nitrogens with one attached hydrogen (secondary N) is 5. The molecule has 0 saturated heterocycles. The molecule has 3 aromatic rings. The molecule has 73 heavy (non-hydrogen) atoms. The molecule has 3 amide bonds. The fourth-order valence-electron chi connectivity index (χ4n) is 7.03. The van der Waals surface area contributed by atoms with E-state index < -0.39 is 177 Å². The van der Waals surface area contributed by atoms with Crippen molar-refractivity contribution in [1.82, 2.24) is 35.9 Å². The molecule has 0 fully saturated rings. The third kappa shape index (κ3) is 17.7. The van der Waals surface area contributed by atoms with Crippen LogP contribution in [0.5, 0.6) is 0 Å². The number of carboxylic acid groups (broad SMARTS) is 3. The van der Waals surface area contributed by atoms with Crippen LogP contribution < -0.4 is 32.6 Å². The van der Waals surface area contributed by atoms with Gasteiger partial charge in [-0.1, -0.05) is 6.92 Å². The number of aliphatic carboxylic acids is 3. The van der Waals surface area contributed by atoms with Gasteiger partial charge in [-0.15, -0.1) is 0 Å². The van der Waals surface area contributed by atoms with Gasteiger partial charge in [-0.05, 0) is 30.7 Å². The normalized spacial score (nSPS) is 15.9. The van der Waals surface area contributed by atoms with Crippen LogP contribution in [0.1, 0.15) is 67.9 Å². The van der Waals surface area contributed by atoms with Crippen molar-refractivity contribution >= 4 is 75.8 Å². The Balaban J connectivity index is 1.79. The third-order valence-electron chi connectivity index (χ3n) is 11.2. The van der Waals surface area contributed by atoms with Gasteiger partial charge in [-0.3, -0.25) is 48.1 Å². The van der Waals surface area contributed by atoms with Gasteiger partial charge >= 0.3 is 17.9 Å². The van der Waals surface area contributed by atoms with E-state index >= 15 is 0 Å². The quantitative estimate of drug-likeness (QED) is 0.0277. The number of amides is 3. The number of H-pyrrole nitrogens is 1. The number of carbonyl (C=O) groups excluding carboxylic acids is 6. The minimum absolute atomic E-state index is 0.0271. The second-order valence-corrected chi connectivity index (χ2v) is 16.5. The molecule has 0 aliphatic rings. The first kappa shape index (κ1) is 59.9. The molecule has 0 bridgehead atoms. The van der Waals surface area contributed by atoms with Gasteiger partial charge in [0, 0.05) is 36.9 Å². The highest BCUT2D eigenvalue weighted by Gasteiger charge is 2.42. The summed E-state index contributed by atoms with van der Waals surface area (Å²) in [7, 11) is 0.